The van der Waals surface area contributed by atoms with Gasteiger partial charge in [0.15, 0.2) is 0 Å². The van der Waals surface area contributed by atoms with Gasteiger partial charge in [0.25, 0.3) is 6.71 Å². The molecule has 0 bridgehead atoms. The first kappa shape index (κ1) is 54.3. The Kier molecular flexibility index (Phi) is 12.9. The van der Waals surface area contributed by atoms with Crippen LogP contribution in [-0.2, 0) is 12.4 Å². The molecule has 0 saturated heterocycles. The number of para-hydroxylation sites is 2. The number of rotatable bonds is 9. The molecular weight excluding hydrogens is 1130 g/mol. The number of fused-ring (bicyclic) bond motifs is 7. The molecule has 16 rings (SSSR count). The molecule has 0 aliphatic carbocycles. The molecular formula is C80H50BF6N3. The monoisotopic (exact) mass is 1180 g/mol. The lowest BCUT2D eigenvalue weighted by atomic mass is 9.33. The number of alkyl halides is 6. The molecule has 0 N–H and O–H groups in total. The maximum Gasteiger partial charge on any atom is 0.416 e. The van der Waals surface area contributed by atoms with Crippen molar-refractivity contribution in [1.29, 1.82) is 0 Å². The van der Waals surface area contributed by atoms with Gasteiger partial charge in [0.1, 0.15) is 0 Å². The molecule has 3 nitrogen and oxygen atoms in total. The van der Waals surface area contributed by atoms with Crippen molar-refractivity contribution in [3.63, 3.8) is 0 Å². The molecule has 3 heterocycles. The zero-order chi connectivity index (χ0) is 60.8. The summed E-state index contributed by atoms with van der Waals surface area (Å²) in [6.45, 7) is -0.245. The van der Waals surface area contributed by atoms with E-state index in [2.05, 4.69) is 216 Å². The van der Waals surface area contributed by atoms with Crippen molar-refractivity contribution < 1.29 is 26.3 Å². The van der Waals surface area contributed by atoms with Crippen LogP contribution in [0.4, 0.5) is 60.5 Å². The normalized spacial score (nSPS) is 12.7. The fraction of sp³-hybridized carbons (Fsp3) is 0.0250. The summed E-state index contributed by atoms with van der Waals surface area (Å²) in [6.07, 6.45) is -10.0. The molecule has 0 radical (unpaired) electrons. The minimum Gasteiger partial charge on any atom is -0.311 e. The van der Waals surface area contributed by atoms with Gasteiger partial charge < -0.3 is 14.4 Å². The van der Waals surface area contributed by atoms with Crippen molar-refractivity contribution in [3.8, 4) is 72.4 Å². The molecule has 0 amide bonds. The number of hydrogen-bond donors (Lipinski definition) is 0. The van der Waals surface area contributed by atoms with E-state index in [0.29, 0.717) is 5.69 Å². The average molecular weight is 1180 g/mol. The standard InChI is InChI=1S/C80H50BF6N3/c82-79(83,84)62-43-61(44-63(50-62)80(85,86)87)66-25-13-15-27-71(66)90-72-28-16-14-26-67(72)68-45-57(33-40-73(68)90)60-48-76-78-77(49-60)89(65-38-31-56(32-39-65)52-19-7-2-8-20-52)75-42-35-59(54-23-11-4-12-24-54)47-70(75)81(78)69-46-58(53-21-9-3-10-22-53)34-41-74(69)88(76)64-36-29-55(30-37-64)51-17-5-1-6-18-51/h1-50H. The first-order chi connectivity index (χ1) is 43.9. The molecule has 14 aromatic rings. The summed E-state index contributed by atoms with van der Waals surface area (Å²) in [5, 5.41) is 1.71. The van der Waals surface area contributed by atoms with Crippen LogP contribution in [0.15, 0.2) is 303 Å². The number of halogens is 6. The van der Waals surface area contributed by atoms with Crippen molar-refractivity contribution in [2.45, 2.75) is 12.4 Å². The topological polar surface area (TPSA) is 11.4 Å². The average Bonchev–Trinajstić information content (AvgIpc) is 0.814. The second-order valence-corrected chi connectivity index (χ2v) is 23.0. The number of benzene rings is 13. The van der Waals surface area contributed by atoms with E-state index in [4.69, 9.17) is 0 Å². The summed E-state index contributed by atoms with van der Waals surface area (Å²) in [7, 11) is 0. The highest BCUT2D eigenvalue weighted by atomic mass is 19.4. The minimum atomic E-state index is -5.02. The third-order valence-electron chi connectivity index (χ3n) is 17.8. The van der Waals surface area contributed by atoms with Crippen molar-refractivity contribution in [3.05, 3.63) is 314 Å². The Morgan fingerprint density at radius 1 is 0.256 bits per heavy atom. The molecule has 13 aromatic carbocycles. The van der Waals surface area contributed by atoms with Crippen LogP contribution < -0.4 is 26.2 Å². The molecule has 10 heteroatoms. The minimum absolute atomic E-state index is 0.173. The van der Waals surface area contributed by atoms with E-state index < -0.39 is 23.5 Å². The van der Waals surface area contributed by atoms with Crippen LogP contribution in [0, 0.1) is 0 Å². The van der Waals surface area contributed by atoms with E-state index in [1.807, 2.05) is 59.2 Å². The highest BCUT2D eigenvalue weighted by Gasteiger charge is 2.44. The third kappa shape index (κ3) is 9.33. The Balaban J connectivity index is 0.954. The van der Waals surface area contributed by atoms with Crippen LogP contribution in [0.3, 0.4) is 0 Å². The summed E-state index contributed by atoms with van der Waals surface area (Å²) in [6, 6.07) is 100. The van der Waals surface area contributed by atoms with Gasteiger partial charge in [-0.15, -0.1) is 0 Å². The Hall–Kier alpha value is -11.1. The molecule has 90 heavy (non-hydrogen) atoms. The number of aromatic nitrogens is 1. The lowest BCUT2D eigenvalue weighted by molar-refractivity contribution is -0.143. The SMILES string of the molecule is FC(F)(F)c1cc(-c2ccccc2-n2c3ccccc3c3cc(-c4cc5c6c(c4)N(c4ccc(-c7ccccc7)cc4)c4ccc(-c7ccccc7)cc4B6c4cc(-c6ccccc6)ccc4N5c4ccc(-c5ccccc5)cc4)ccc32)cc(C(F)(F)F)c1. The molecule has 0 saturated carbocycles. The Labute approximate surface area is 516 Å². The van der Waals surface area contributed by atoms with Crippen LogP contribution in [0.1, 0.15) is 11.1 Å². The van der Waals surface area contributed by atoms with Crippen molar-refractivity contribution in [2.24, 2.45) is 0 Å². The van der Waals surface area contributed by atoms with E-state index in [-0.39, 0.29) is 23.9 Å². The molecule has 0 spiro atoms. The van der Waals surface area contributed by atoms with E-state index in [9.17, 15) is 26.3 Å². The fourth-order valence-electron chi connectivity index (χ4n) is 13.7. The lowest BCUT2D eigenvalue weighted by Crippen LogP contribution is -2.61. The molecule has 2 aliphatic rings. The van der Waals surface area contributed by atoms with Gasteiger partial charge in [0.2, 0.25) is 0 Å². The molecule has 1 aromatic heterocycles. The van der Waals surface area contributed by atoms with E-state index in [0.717, 1.165) is 140 Å². The Morgan fingerprint density at radius 3 is 1.13 bits per heavy atom. The summed E-state index contributed by atoms with van der Waals surface area (Å²) in [5.74, 6) is 0. The second-order valence-electron chi connectivity index (χ2n) is 23.0. The van der Waals surface area contributed by atoms with E-state index >= 15 is 0 Å². The van der Waals surface area contributed by atoms with Crippen LogP contribution >= 0.6 is 0 Å². The van der Waals surface area contributed by atoms with Crippen LogP contribution in [0.25, 0.3) is 94.3 Å². The van der Waals surface area contributed by atoms with Crippen LogP contribution in [0.5, 0.6) is 0 Å². The second kappa shape index (κ2) is 21.4. The Bertz CT molecular complexity index is 4850. The van der Waals surface area contributed by atoms with Crippen molar-refractivity contribution in [2.75, 3.05) is 9.80 Å². The van der Waals surface area contributed by atoms with Gasteiger partial charge in [-0.1, -0.05) is 212 Å². The fourth-order valence-corrected chi connectivity index (χ4v) is 13.7. The predicted octanol–water partition coefficient (Wildman–Crippen LogP) is 20.9. The summed E-state index contributed by atoms with van der Waals surface area (Å²) in [5.41, 5.74) is 19.3. The molecule has 430 valence electrons. The van der Waals surface area contributed by atoms with Crippen molar-refractivity contribution in [1.82, 2.24) is 4.57 Å². The van der Waals surface area contributed by atoms with E-state index in [1.54, 1.807) is 24.3 Å². The van der Waals surface area contributed by atoms with Gasteiger partial charge in [-0.3, -0.25) is 0 Å². The summed E-state index contributed by atoms with van der Waals surface area (Å²) in [4.78, 5) is 4.83. The van der Waals surface area contributed by atoms with Crippen molar-refractivity contribution >= 4 is 79.0 Å². The largest absolute Gasteiger partial charge is 0.416 e. The highest BCUT2D eigenvalue weighted by molar-refractivity contribution is 7.00. The number of hydrogen-bond acceptors (Lipinski definition) is 2. The zero-order valence-electron chi connectivity index (χ0n) is 48.1. The molecule has 0 unspecified atom stereocenters. The molecule has 0 fully saturated rings. The lowest BCUT2D eigenvalue weighted by Gasteiger charge is -2.44. The predicted molar refractivity (Wildman–Crippen MR) is 357 cm³/mol. The van der Waals surface area contributed by atoms with Gasteiger partial charge in [0.05, 0.1) is 27.8 Å². The summed E-state index contributed by atoms with van der Waals surface area (Å²) < 4.78 is 88.6. The maximum atomic E-state index is 14.4. The Morgan fingerprint density at radius 2 is 0.644 bits per heavy atom. The molecule has 2 aliphatic heterocycles. The quantitative estimate of drug-likeness (QED) is 0.105. The first-order valence-corrected chi connectivity index (χ1v) is 29.8. The first-order valence-electron chi connectivity index (χ1n) is 29.8. The van der Waals surface area contributed by atoms with E-state index in [1.165, 1.54) is 0 Å². The van der Waals surface area contributed by atoms with Gasteiger partial charge >= 0.3 is 12.4 Å². The number of nitrogens with zero attached hydrogens (tertiary/aromatic N) is 3. The third-order valence-corrected chi connectivity index (χ3v) is 17.8. The van der Waals surface area contributed by atoms with Crippen LogP contribution in [-0.4, -0.2) is 11.3 Å². The van der Waals surface area contributed by atoms with Gasteiger partial charge in [-0.2, -0.15) is 26.3 Å². The van der Waals surface area contributed by atoms with Gasteiger partial charge in [0, 0.05) is 50.5 Å². The van der Waals surface area contributed by atoms with Crippen LogP contribution in [0.2, 0.25) is 0 Å². The highest BCUT2D eigenvalue weighted by Crippen LogP contribution is 2.49. The maximum absolute atomic E-state index is 14.4. The van der Waals surface area contributed by atoms with Gasteiger partial charge in [-0.25, -0.2) is 0 Å². The molecule has 0 atom stereocenters. The summed E-state index contributed by atoms with van der Waals surface area (Å²) >= 11 is 0. The van der Waals surface area contributed by atoms with Gasteiger partial charge in [-0.05, 0) is 169 Å². The zero-order valence-corrected chi connectivity index (χ0v) is 48.1. The number of anilines is 6. The smallest absolute Gasteiger partial charge is 0.311 e.